The van der Waals surface area contributed by atoms with E-state index in [4.69, 9.17) is 0 Å². The number of rotatable bonds is 5. The van der Waals surface area contributed by atoms with Crippen molar-refractivity contribution < 1.29 is 0 Å². The summed E-state index contributed by atoms with van der Waals surface area (Å²) in [5, 5.41) is 3.54. The molecule has 0 aliphatic carbocycles. The van der Waals surface area contributed by atoms with Crippen molar-refractivity contribution in [2.24, 2.45) is 11.3 Å². The quantitative estimate of drug-likeness (QED) is 0.893. The number of aryl methyl sites for hydroxylation is 1. The molecule has 1 aromatic rings. The third-order valence-electron chi connectivity index (χ3n) is 3.98. The average Bonchev–Trinajstić information content (AvgIpc) is 2.71. The molecule has 20 heavy (non-hydrogen) atoms. The minimum atomic E-state index is 0.430. The van der Waals surface area contributed by atoms with Crippen LogP contribution >= 0.6 is 0 Å². The maximum absolute atomic E-state index is 4.48. The summed E-state index contributed by atoms with van der Waals surface area (Å²) in [6, 6.07) is 2.24. The highest BCUT2D eigenvalue weighted by Crippen LogP contribution is 2.34. The molecule has 3 heteroatoms. The van der Waals surface area contributed by atoms with Crippen LogP contribution in [-0.2, 0) is 6.54 Å². The van der Waals surface area contributed by atoms with Crippen LogP contribution in [-0.4, -0.2) is 24.6 Å². The van der Waals surface area contributed by atoms with Crippen LogP contribution in [0.1, 0.15) is 45.4 Å². The second kappa shape index (κ2) is 6.13. The molecule has 0 radical (unpaired) electrons. The molecule has 1 aliphatic heterocycles. The van der Waals surface area contributed by atoms with E-state index in [-0.39, 0.29) is 0 Å². The maximum atomic E-state index is 4.48. The molecular weight excluding hydrogens is 246 g/mol. The Balaban J connectivity index is 2.12. The first-order valence-corrected chi connectivity index (χ1v) is 7.78. The van der Waals surface area contributed by atoms with Gasteiger partial charge in [0.1, 0.15) is 0 Å². The van der Waals surface area contributed by atoms with Crippen molar-refractivity contribution in [2.75, 3.05) is 24.5 Å². The van der Waals surface area contributed by atoms with Crippen molar-refractivity contribution in [1.82, 2.24) is 10.3 Å². The second-order valence-electron chi connectivity index (χ2n) is 7.31. The smallest absolute Gasteiger partial charge is 0.0445 e. The predicted octanol–water partition coefficient (Wildman–Crippen LogP) is 3.37. The van der Waals surface area contributed by atoms with Crippen molar-refractivity contribution in [2.45, 2.75) is 47.6 Å². The molecule has 2 rings (SSSR count). The zero-order valence-corrected chi connectivity index (χ0v) is 13.7. The third kappa shape index (κ3) is 3.95. The lowest BCUT2D eigenvalue weighted by atomic mass is 9.93. The Hall–Kier alpha value is -1.09. The van der Waals surface area contributed by atoms with Gasteiger partial charge < -0.3 is 10.2 Å². The van der Waals surface area contributed by atoms with E-state index in [1.165, 1.54) is 17.7 Å². The van der Waals surface area contributed by atoms with E-state index in [1.807, 2.05) is 6.20 Å². The lowest BCUT2D eigenvalue weighted by Crippen LogP contribution is -2.26. The van der Waals surface area contributed by atoms with Crippen molar-refractivity contribution in [3.05, 3.63) is 23.5 Å². The van der Waals surface area contributed by atoms with Gasteiger partial charge in [0.15, 0.2) is 0 Å². The molecule has 3 nitrogen and oxygen atoms in total. The molecule has 0 unspecified atom stereocenters. The van der Waals surface area contributed by atoms with Gasteiger partial charge in [0.2, 0.25) is 0 Å². The van der Waals surface area contributed by atoms with Gasteiger partial charge in [-0.15, -0.1) is 0 Å². The van der Waals surface area contributed by atoms with Gasteiger partial charge in [-0.3, -0.25) is 4.98 Å². The highest BCUT2D eigenvalue weighted by Gasteiger charge is 2.30. The minimum Gasteiger partial charge on any atom is -0.371 e. The van der Waals surface area contributed by atoms with Gasteiger partial charge >= 0.3 is 0 Å². The summed E-state index contributed by atoms with van der Waals surface area (Å²) in [6.07, 6.45) is 3.32. The Morgan fingerprint density at radius 1 is 1.40 bits per heavy atom. The van der Waals surface area contributed by atoms with Crippen LogP contribution < -0.4 is 10.2 Å². The molecule has 1 aliphatic rings. The summed E-state index contributed by atoms with van der Waals surface area (Å²) in [6.45, 7) is 15.6. The number of pyridine rings is 1. The number of hydrogen-bond acceptors (Lipinski definition) is 3. The largest absolute Gasteiger partial charge is 0.371 e. The first kappa shape index (κ1) is 15.3. The minimum absolute atomic E-state index is 0.430. The van der Waals surface area contributed by atoms with Crippen molar-refractivity contribution in [3.63, 3.8) is 0 Å². The monoisotopic (exact) mass is 275 g/mol. The summed E-state index contributed by atoms with van der Waals surface area (Å²) in [4.78, 5) is 7.01. The fourth-order valence-electron chi connectivity index (χ4n) is 2.82. The molecule has 0 amide bonds. The van der Waals surface area contributed by atoms with E-state index in [9.17, 15) is 0 Å². The fraction of sp³-hybridized carbons (Fsp3) is 0.706. The lowest BCUT2D eigenvalue weighted by Gasteiger charge is -2.24. The molecule has 1 aromatic heterocycles. The van der Waals surface area contributed by atoms with Crippen molar-refractivity contribution in [3.8, 4) is 0 Å². The van der Waals surface area contributed by atoms with Gasteiger partial charge in [-0.2, -0.15) is 0 Å². The standard InChI is InChI=1S/C17H29N3/c1-13(2)9-18-10-15-11-19-14(3)8-16(15)20-7-6-17(4,5)12-20/h8,11,13,18H,6-7,9-10,12H2,1-5H3. The average molecular weight is 275 g/mol. The Morgan fingerprint density at radius 3 is 2.75 bits per heavy atom. The van der Waals surface area contributed by atoms with Gasteiger partial charge in [-0.1, -0.05) is 27.7 Å². The SMILES string of the molecule is Cc1cc(N2CCC(C)(C)C2)c(CNCC(C)C)cn1. The van der Waals surface area contributed by atoms with Gasteiger partial charge in [0.05, 0.1) is 0 Å². The molecule has 1 fully saturated rings. The molecule has 0 aromatic carbocycles. The summed E-state index contributed by atoms with van der Waals surface area (Å²) < 4.78 is 0. The fourth-order valence-corrected chi connectivity index (χ4v) is 2.82. The van der Waals surface area contributed by atoms with Crippen LogP contribution in [0.2, 0.25) is 0 Å². The number of hydrogen-bond donors (Lipinski definition) is 1. The van der Waals surface area contributed by atoms with Crippen molar-refractivity contribution in [1.29, 1.82) is 0 Å². The van der Waals surface area contributed by atoms with E-state index < -0.39 is 0 Å². The molecule has 0 saturated carbocycles. The van der Waals surface area contributed by atoms with Crippen LogP contribution in [0.15, 0.2) is 12.3 Å². The van der Waals surface area contributed by atoms with Crippen LogP contribution in [0.3, 0.4) is 0 Å². The second-order valence-corrected chi connectivity index (χ2v) is 7.31. The summed E-state index contributed by atoms with van der Waals surface area (Å²) in [7, 11) is 0. The van der Waals surface area contributed by atoms with E-state index >= 15 is 0 Å². The Labute approximate surface area is 123 Å². The number of nitrogens with one attached hydrogen (secondary N) is 1. The zero-order valence-electron chi connectivity index (χ0n) is 13.7. The van der Waals surface area contributed by atoms with Crippen molar-refractivity contribution >= 4 is 5.69 Å². The maximum Gasteiger partial charge on any atom is 0.0445 e. The first-order valence-electron chi connectivity index (χ1n) is 7.78. The van der Waals surface area contributed by atoms with Gasteiger partial charge in [-0.25, -0.2) is 0 Å². The zero-order chi connectivity index (χ0) is 14.8. The number of nitrogens with zero attached hydrogens (tertiary/aromatic N) is 2. The normalized spacial score (nSPS) is 18.0. The molecule has 0 bridgehead atoms. The Kier molecular flexibility index (Phi) is 4.69. The number of aromatic nitrogens is 1. The van der Waals surface area contributed by atoms with E-state index in [1.54, 1.807) is 0 Å². The lowest BCUT2D eigenvalue weighted by molar-refractivity contribution is 0.418. The number of anilines is 1. The third-order valence-corrected chi connectivity index (χ3v) is 3.98. The van der Waals surface area contributed by atoms with E-state index in [2.05, 4.69) is 55.9 Å². The highest BCUT2D eigenvalue weighted by atomic mass is 15.2. The van der Waals surface area contributed by atoms with E-state index in [0.717, 1.165) is 31.9 Å². The van der Waals surface area contributed by atoms with Crippen LogP contribution in [0.4, 0.5) is 5.69 Å². The molecule has 1 saturated heterocycles. The molecule has 0 atom stereocenters. The summed E-state index contributed by atoms with van der Waals surface area (Å²) in [5.74, 6) is 0.683. The molecule has 1 N–H and O–H groups in total. The van der Waals surface area contributed by atoms with Gasteiger partial charge in [-0.05, 0) is 37.3 Å². The Morgan fingerprint density at radius 2 is 2.15 bits per heavy atom. The molecule has 112 valence electrons. The molecule has 0 spiro atoms. The molecular formula is C17H29N3. The summed E-state index contributed by atoms with van der Waals surface area (Å²) >= 11 is 0. The predicted molar refractivity (Wildman–Crippen MR) is 86.1 cm³/mol. The van der Waals surface area contributed by atoms with Gasteiger partial charge in [0.25, 0.3) is 0 Å². The van der Waals surface area contributed by atoms with Crippen LogP contribution in [0.25, 0.3) is 0 Å². The van der Waals surface area contributed by atoms with Gasteiger partial charge in [0, 0.05) is 42.8 Å². The Bertz CT molecular complexity index is 452. The first-order chi connectivity index (χ1) is 9.37. The molecule has 2 heterocycles. The van der Waals surface area contributed by atoms with E-state index in [0.29, 0.717) is 11.3 Å². The summed E-state index contributed by atoms with van der Waals surface area (Å²) in [5.41, 5.74) is 4.24. The van der Waals surface area contributed by atoms with Crippen LogP contribution in [0, 0.1) is 18.3 Å². The van der Waals surface area contributed by atoms with Crippen LogP contribution in [0.5, 0.6) is 0 Å². The highest BCUT2D eigenvalue weighted by molar-refractivity contribution is 5.54. The topological polar surface area (TPSA) is 28.2 Å².